The number of benzene rings is 5. The maximum atomic E-state index is 3.61. The first-order valence-electron chi connectivity index (χ1n) is 13.3. The molecule has 0 saturated heterocycles. The third-order valence-corrected chi connectivity index (χ3v) is 8.12. The molecule has 0 spiro atoms. The number of allylic oxidation sites excluding steroid dienone is 2. The Labute approximate surface area is 238 Å². The second kappa shape index (κ2) is 10.1. The van der Waals surface area contributed by atoms with E-state index in [2.05, 4.69) is 177 Å². The van der Waals surface area contributed by atoms with Crippen LogP contribution in [-0.2, 0) is 0 Å². The molecular formula is C36H27BrN2. The minimum absolute atomic E-state index is 0.275. The van der Waals surface area contributed by atoms with Crippen LogP contribution in [0.4, 0.5) is 28.4 Å². The number of hydrogen-bond donors (Lipinski definition) is 0. The average Bonchev–Trinajstić information content (AvgIpc) is 3.32. The van der Waals surface area contributed by atoms with Gasteiger partial charge in [-0.25, -0.2) is 0 Å². The smallest absolute Gasteiger partial charge is 0.0629 e. The molecule has 0 aromatic heterocycles. The number of hydrogen-bond acceptors (Lipinski definition) is 2. The standard InChI is InChI=1S/C36H27BrN2/c37-28-11-9-10-27(24-28)26-18-20-31(21-19-26)38(29-12-3-1-4-13-29)32-22-23-36-34(25-32)33-16-7-8-17-35(33)39(36)30-14-5-2-6-15-30/h1-25,33,35H. The van der Waals surface area contributed by atoms with Crippen LogP contribution in [0.15, 0.2) is 156 Å². The van der Waals surface area contributed by atoms with Crippen molar-refractivity contribution >= 4 is 44.4 Å². The summed E-state index contributed by atoms with van der Waals surface area (Å²) in [5.74, 6) is 0.307. The number of fused-ring (bicyclic) bond motifs is 3. The van der Waals surface area contributed by atoms with Gasteiger partial charge >= 0.3 is 0 Å². The molecule has 0 amide bonds. The van der Waals surface area contributed by atoms with E-state index in [1.807, 2.05) is 0 Å². The summed E-state index contributed by atoms with van der Waals surface area (Å²) < 4.78 is 1.09. The van der Waals surface area contributed by atoms with E-state index in [9.17, 15) is 0 Å². The molecule has 2 atom stereocenters. The van der Waals surface area contributed by atoms with Gasteiger partial charge in [-0.15, -0.1) is 0 Å². The number of para-hydroxylation sites is 2. The molecular weight excluding hydrogens is 540 g/mol. The average molecular weight is 568 g/mol. The predicted octanol–water partition coefficient (Wildman–Crippen LogP) is 10.3. The molecule has 2 nitrogen and oxygen atoms in total. The van der Waals surface area contributed by atoms with Crippen molar-refractivity contribution in [1.82, 2.24) is 0 Å². The van der Waals surface area contributed by atoms with Crippen LogP contribution in [0.3, 0.4) is 0 Å². The predicted molar refractivity (Wildman–Crippen MR) is 168 cm³/mol. The first kappa shape index (κ1) is 23.8. The first-order valence-corrected chi connectivity index (χ1v) is 14.1. The Morgan fingerprint density at radius 3 is 2.03 bits per heavy atom. The zero-order chi connectivity index (χ0) is 26.2. The zero-order valence-corrected chi connectivity index (χ0v) is 22.9. The Morgan fingerprint density at radius 2 is 1.26 bits per heavy atom. The van der Waals surface area contributed by atoms with Gasteiger partial charge < -0.3 is 9.80 Å². The van der Waals surface area contributed by atoms with Crippen molar-refractivity contribution in [2.75, 3.05) is 9.80 Å². The SMILES string of the molecule is Brc1cccc(-c2ccc(N(c3ccccc3)c3ccc4c(c3)C3C=CC=CC3N4c3ccccc3)cc2)c1. The molecule has 1 aliphatic heterocycles. The molecule has 0 radical (unpaired) electrons. The van der Waals surface area contributed by atoms with Crippen LogP contribution < -0.4 is 9.80 Å². The number of anilines is 5. The summed E-state index contributed by atoms with van der Waals surface area (Å²) in [6.07, 6.45) is 9.03. The van der Waals surface area contributed by atoms with Crippen molar-refractivity contribution in [1.29, 1.82) is 0 Å². The second-order valence-electron chi connectivity index (χ2n) is 9.96. The van der Waals surface area contributed by atoms with Gasteiger partial charge in [0.15, 0.2) is 0 Å². The fourth-order valence-corrected chi connectivity index (χ4v) is 6.25. The highest BCUT2D eigenvalue weighted by molar-refractivity contribution is 9.10. The van der Waals surface area contributed by atoms with Crippen molar-refractivity contribution in [2.24, 2.45) is 0 Å². The van der Waals surface area contributed by atoms with E-state index in [1.54, 1.807) is 0 Å². The lowest BCUT2D eigenvalue weighted by atomic mass is 9.91. The normalized spacial score (nSPS) is 17.1. The molecule has 2 aliphatic rings. The van der Waals surface area contributed by atoms with Crippen molar-refractivity contribution in [3.05, 3.63) is 162 Å². The van der Waals surface area contributed by atoms with Gasteiger partial charge in [-0.05, 0) is 83.4 Å². The first-order chi connectivity index (χ1) is 19.3. The van der Waals surface area contributed by atoms with Crippen molar-refractivity contribution in [3.63, 3.8) is 0 Å². The van der Waals surface area contributed by atoms with Crippen molar-refractivity contribution < 1.29 is 0 Å². The third kappa shape index (κ3) is 4.39. The highest BCUT2D eigenvalue weighted by Gasteiger charge is 2.37. The van der Waals surface area contributed by atoms with Gasteiger partial charge in [0.1, 0.15) is 0 Å². The van der Waals surface area contributed by atoms with E-state index in [1.165, 1.54) is 28.1 Å². The van der Waals surface area contributed by atoms with E-state index >= 15 is 0 Å². The molecule has 1 aliphatic carbocycles. The highest BCUT2D eigenvalue weighted by atomic mass is 79.9. The molecule has 5 aromatic rings. The fourth-order valence-electron chi connectivity index (χ4n) is 5.85. The molecule has 0 bridgehead atoms. The Hall–Kier alpha value is -4.34. The molecule has 0 N–H and O–H groups in total. The molecule has 0 fully saturated rings. The van der Waals surface area contributed by atoms with Gasteiger partial charge in [0, 0.05) is 38.8 Å². The molecule has 188 valence electrons. The van der Waals surface area contributed by atoms with Crippen molar-refractivity contribution in [2.45, 2.75) is 12.0 Å². The summed E-state index contributed by atoms with van der Waals surface area (Å²) >= 11 is 3.61. The van der Waals surface area contributed by atoms with Crippen LogP contribution in [0.25, 0.3) is 11.1 Å². The number of nitrogens with zero attached hydrogens (tertiary/aromatic N) is 2. The highest BCUT2D eigenvalue weighted by Crippen LogP contribution is 2.49. The molecule has 2 unspecified atom stereocenters. The van der Waals surface area contributed by atoms with Crippen LogP contribution in [-0.4, -0.2) is 6.04 Å². The number of halogens is 1. The summed E-state index contributed by atoms with van der Waals surface area (Å²) in [5, 5.41) is 0. The lowest BCUT2D eigenvalue weighted by Crippen LogP contribution is -2.28. The quantitative estimate of drug-likeness (QED) is 0.209. The van der Waals surface area contributed by atoms with Gasteiger partial charge in [-0.2, -0.15) is 0 Å². The summed E-state index contributed by atoms with van der Waals surface area (Å²) in [5.41, 5.74) is 9.68. The van der Waals surface area contributed by atoms with Gasteiger partial charge in [0.05, 0.1) is 6.04 Å². The summed E-state index contributed by atoms with van der Waals surface area (Å²) in [6.45, 7) is 0. The van der Waals surface area contributed by atoms with E-state index in [0.717, 1.165) is 21.5 Å². The minimum Gasteiger partial charge on any atom is -0.333 e. The Balaban J connectivity index is 1.32. The molecule has 0 saturated carbocycles. The minimum atomic E-state index is 0.275. The molecule has 7 rings (SSSR count). The Bertz CT molecular complexity index is 1670. The van der Waals surface area contributed by atoms with E-state index in [4.69, 9.17) is 0 Å². The lowest BCUT2D eigenvalue weighted by molar-refractivity contribution is 0.745. The van der Waals surface area contributed by atoms with Crippen LogP contribution >= 0.6 is 15.9 Å². The van der Waals surface area contributed by atoms with Crippen LogP contribution in [0, 0.1) is 0 Å². The van der Waals surface area contributed by atoms with Crippen LogP contribution in [0.1, 0.15) is 11.5 Å². The van der Waals surface area contributed by atoms with Crippen molar-refractivity contribution in [3.8, 4) is 11.1 Å². The van der Waals surface area contributed by atoms with E-state index in [-0.39, 0.29) is 6.04 Å². The van der Waals surface area contributed by atoms with Crippen LogP contribution in [0.2, 0.25) is 0 Å². The summed E-state index contributed by atoms with van der Waals surface area (Å²) in [7, 11) is 0. The second-order valence-corrected chi connectivity index (χ2v) is 10.9. The molecule has 1 heterocycles. The molecule has 5 aromatic carbocycles. The summed E-state index contributed by atoms with van der Waals surface area (Å²) in [4.78, 5) is 4.83. The van der Waals surface area contributed by atoms with Gasteiger partial charge in [-0.1, -0.05) is 101 Å². The number of rotatable bonds is 5. The molecule has 39 heavy (non-hydrogen) atoms. The lowest BCUT2D eigenvalue weighted by Gasteiger charge is -2.28. The van der Waals surface area contributed by atoms with Crippen LogP contribution in [0.5, 0.6) is 0 Å². The molecule has 3 heteroatoms. The van der Waals surface area contributed by atoms with Gasteiger partial charge in [0.25, 0.3) is 0 Å². The Morgan fingerprint density at radius 1 is 0.564 bits per heavy atom. The Kier molecular flexibility index (Phi) is 6.14. The topological polar surface area (TPSA) is 6.48 Å². The fraction of sp³-hybridized carbons (Fsp3) is 0.0556. The maximum absolute atomic E-state index is 3.61. The van der Waals surface area contributed by atoms with E-state index < -0.39 is 0 Å². The monoisotopic (exact) mass is 566 g/mol. The summed E-state index contributed by atoms with van der Waals surface area (Å²) in [6, 6.07) is 45.9. The largest absolute Gasteiger partial charge is 0.333 e. The van der Waals surface area contributed by atoms with Gasteiger partial charge in [0.2, 0.25) is 0 Å². The third-order valence-electron chi connectivity index (χ3n) is 7.62. The zero-order valence-electron chi connectivity index (χ0n) is 21.4. The van der Waals surface area contributed by atoms with E-state index in [0.29, 0.717) is 5.92 Å². The van der Waals surface area contributed by atoms with Gasteiger partial charge in [-0.3, -0.25) is 0 Å². The maximum Gasteiger partial charge on any atom is 0.0629 e.